The molecule has 2 aromatic rings. The fourth-order valence-electron chi connectivity index (χ4n) is 2.95. The van der Waals surface area contributed by atoms with Crippen LogP contribution in [0.3, 0.4) is 0 Å². The number of aliphatic imine (C=N–C) groups is 1. The number of hydrogen-bond donors (Lipinski definition) is 1. The number of nitrogens with one attached hydrogen (secondary N) is 1. The number of benzene rings is 2. The molecule has 0 radical (unpaired) electrons. The van der Waals surface area contributed by atoms with Gasteiger partial charge in [-0.05, 0) is 17.2 Å². The first-order valence-corrected chi connectivity index (χ1v) is 8.53. The van der Waals surface area contributed by atoms with E-state index in [0.29, 0.717) is 26.1 Å². The minimum absolute atomic E-state index is 0. The van der Waals surface area contributed by atoms with Crippen molar-refractivity contribution in [3.63, 3.8) is 0 Å². The number of hydrogen-bond acceptors (Lipinski definition) is 2. The van der Waals surface area contributed by atoms with Gasteiger partial charge in [-0.25, -0.2) is 4.99 Å². The summed E-state index contributed by atoms with van der Waals surface area (Å²) in [5.74, 6) is 0.986. The number of nitrogens with zero attached hydrogens (tertiary/aromatic N) is 3. The van der Waals surface area contributed by atoms with E-state index < -0.39 is 0 Å². The highest BCUT2D eigenvalue weighted by Gasteiger charge is 2.26. The molecule has 0 saturated carbocycles. The summed E-state index contributed by atoms with van der Waals surface area (Å²) in [6, 6.07) is 18.2. The fourth-order valence-corrected chi connectivity index (χ4v) is 2.95. The van der Waals surface area contributed by atoms with E-state index in [0.717, 1.165) is 17.2 Å². The molecule has 0 atom stereocenters. The summed E-state index contributed by atoms with van der Waals surface area (Å²) in [6.45, 7) is 1.92. The first-order valence-electron chi connectivity index (χ1n) is 8.53. The molecule has 26 heavy (non-hydrogen) atoms. The smallest absolute Gasteiger partial charge is 0.231 e. The summed E-state index contributed by atoms with van der Waals surface area (Å²) in [5.41, 5.74) is 3.31. The first kappa shape index (κ1) is 20.2. The Morgan fingerprint density at radius 1 is 1.12 bits per heavy atom. The number of para-hydroxylation sites is 1. The maximum atomic E-state index is 12.2. The lowest BCUT2D eigenvalue weighted by atomic mass is 10.2. The summed E-state index contributed by atoms with van der Waals surface area (Å²) in [6.07, 6.45) is 0.499. The highest BCUT2D eigenvalue weighted by Crippen LogP contribution is 2.27. The van der Waals surface area contributed by atoms with Crippen LogP contribution in [0.15, 0.2) is 59.6 Å². The molecule has 0 fully saturated rings. The van der Waals surface area contributed by atoms with Gasteiger partial charge < -0.3 is 15.1 Å². The van der Waals surface area contributed by atoms with E-state index in [1.165, 1.54) is 5.56 Å². The zero-order valence-electron chi connectivity index (χ0n) is 15.2. The maximum Gasteiger partial charge on any atom is 0.231 e. The summed E-state index contributed by atoms with van der Waals surface area (Å²) in [7, 11) is 3.93. The standard InChI is InChI=1S/C20H24N4O.HI/c1-23(2)20(22-15-16-8-4-3-5-9-16)21-12-13-24-18-11-7-6-10-17(18)14-19(24)25;/h3-11H,12-15H2,1-2H3,(H,21,22);1H. The van der Waals surface area contributed by atoms with Gasteiger partial charge in [0, 0.05) is 32.9 Å². The van der Waals surface area contributed by atoms with Crippen molar-refractivity contribution in [2.45, 2.75) is 13.0 Å². The maximum absolute atomic E-state index is 12.2. The normalized spacial score (nSPS) is 13.2. The van der Waals surface area contributed by atoms with Crippen LogP contribution in [0.5, 0.6) is 0 Å². The molecular weight excluding hydrogens is 439 g/mol. The molecule has 1 heterocycles. The molecular formula is C20H25IN4O. The largest absolute Gasteiger partial charge is 0.354 e. The van der Waals surface area contributed by atoms with Gasteiger partial charge in [0.05, 0.1) is 13.0 Å². The minimum atomic E-state index is 0. The molecule has 1 aliphatic rings. The predicted molar refractivity (Wildman–Crippen MR) is 117 cm³/mol. The number of fused-ring (bicyclic) bond motifs is 1. The number of anilines is 1. The van der Waals surface area contributed by atoms with Crippen molar-refractivity contribution < 1.29 is 4.79 Å². The highest BCUT2D eigenvalue weighted by atomic mass is 127. The Kier molecular flexibility index (Phi) is 7.44. The topological polar surface area (TPSA) is 47.9 Å². The number of halogens is 1. The zero-order chi connectivity index (χ0) is 17.6. The molecule has 0 saturated heterocycles. The van der Waals surface area contributed by atoms with E-state index in [-0.39, 0.29) is 29.9 Å². The second kappa shape index (κ2) is 9.56. The van der Waals surface area contributed by atoms with Crippen molar-refractivity contribution in [2.24, 2.45) is 4.99 Å². The SMILES string of the molecule is CN(C)C(=NCc1ccccc1)NCCN1C(=O)Cc2ccccc21.I. The Morgan fingerprint density at radius 2 is 1.81 bits per heavy atom. The highest BCUT2D eigenvalue weighted by molar-refractivity contribution is 14.0. The quantitative estimate of drug-likeness (QED) is 0.421. The number of guanidine groups is 1. The van der Waals surface area contributed by atoms with Crippen molar-refractivity contribution in [3.8, 4) is 0 Å². The lowest BCUT2D eigenvalue weighted by Crippen LogP contribution is -2.41. The molecule has 138 valence electrons. The second-order valence-corrected chi connectivity index (χ2v) is 6.30. The van der Waals surface area contributed by atoms with Crippen LogP contribution in [0.1, 0.15) is 11.1 Å². The van der Waals surface area contributed by atoms with Crippen LogP contribution in [0.25, 0.3) is 0 Å². The third kappa shape index (κ3) is 4.97. The molecule has 3 rings (SSSR count). The Bertz CT molecular complexity index is 761. The van der Waals surface area contributed by atoms with Gasteiger partial charge in [0.1, 0.15) is 0 Å². The number of rotatable bonds is 5. The van der Waals surface area contributed by atoms with Gasteiger partial charge in [0.15, 0.2) is 5.96 Å². The summed E-state index contributed by atoms with van der Waals surface area (Å²) in [5, 5.41) is 3.35. The van der Waals surface area contributed by atoms with Crippen LogP contribution in [0.4, 0.5) is 5.69 Å². The zero-order valence-corrected chi connectivity index (χ0v) is 17.5. The number of carbonyl (C=O) groups excluding carboxylic acids is 1. The predicted octanol–water partition coefficient (Wildman–Crippen LogP) is 2.90. The van der Waals surface area contributed by atoms with Gasteiger partial charge in [-0.15, -0.1) is 24.0 Å². The van der Waals surface area contributed by atoms with E-state index in [1.54, 1.807) is 0 Å². The third-order valence-corrected chi connectivity index (χ3v) is 4.22. The van der Waals surface area contributed by atoms with Crippen LogP contribution < -0.4 is 10.2 Å². The van der Waals surface area contributed by atoms with Crippen molar-refractivity contribution >= 4 is 41.5 Å². The minimum Gasteiger partial charge on any atom is -0.354 e. The molecule has 2 aromatic carbocycles. The van der Waals surface area contributed by atoms with E-state index in [9.17, 15) is 4.79 Å². The number of amides is 1. The van der Waals surface area contributed by atoms with Crippen molar-refractivity contribution in [2.75, 3.05) is 32.1 Å². The van der Waals surface area contributed by atoms with Crippen LogP contribution in [0, 0.1) is 0 Å². The summed E-state index contributed by atoms with van der Waals surface area (Å²) in [4.78, 5) is 20.7. The Balaban J connectivity index is 0.00000243. The van der Waals surface area contributed by atoms with E-state index in [4.69, 9.17) is 0 Å². The van der Waals surface area contributed by atoms with Crippen LogP contribution in [-0.2, 0) is 17.8 Å². The van der Waals surface area contributed by atoms with Crippen molar-refractivity contribution in [1.29, 1.82) is 0 Å². The van der Waals surface area contributed by atoms with Crippen molar-refractivity contribution in [3.05, 3.63) is 65.7 Å². The Hall–Kier alpha value is -2.09. The Morgan fingerprint density at radius 3 is 2.54 bits per heavy atom. The van der Waals surface area contributed by atoms with E-state index in [2.05, 4.69) is 22.4 Å². The second-order valence-electron chi connectivity index (χ2n) is 6.30. The average Bonchev–Trinajstić information content (AvgIpc) is 2.94. The molecule has 1 N–H and O–H groups in total. The van der Waals surface area contributed by atoms with Gasteiger partial charge >= 0.3 is 0 Å². The molecule has 0 bridgehead atoms. The lowest BCUT2D eigenvalue weighted by molar-refractivity contribution is -0.117. The van der Waals surface area contributed by atoms with Gasteiger partial charge in [-0.3, -0.25) is 4.79 Å². The van der Waals surface area contributed by atoms with Gasteiger partial charge in [0.2, 0.25) is 5.91 Å². The molecule has 1 aliphatic heterocycles. The van der Waals surface area contributed by atoms with E-state index in [1.807, 2.05) is 66.4 Å². The third-order valence-electron chi connectivity index (χ3n) is 4.22. The molecule has 0 aliphatic carbocycles. The molecule has 5 nitrogen and oxygen atoms in total. The Labute approximate surface area is 172 Å². The van der Waals surface area contributed by atoms with E-state index >= 15 is 0 Å². The summed E-state index contributed by atoms with van der Waals surface area (Å²) < 4.78 is 0. The first-order chi connectivity index (χ1) is 12.1. The van der Waals surface area contributed by atoms with Gasteiger partial charge in [0.25, 0.3) is 0 Å². The van der Waals surface area contributed by atoms with Crippen LogP contribution in [-0.4, -0.2) is 44.0 Å². The van der Waals surface area contributed by atoms with Crippen molar-refractivity contribution in [1.82, 2.24) is 10.2 Å². The van der Waals surface area contributed by atoms with Crippen LogP contribution >= 0.6 is 24.0 Å². The van der Waals surface area contributed by atoms with Gasteiger partial charge in [-0.1, -0.05) is 48.5 Å². The average molecular weight is 464 g/mol. The molecule has 0 aromatic heterocycles. The fraction of sp³-hybridized carbons (Fsp3) is 0.300. The molecule has 6 heteroatoms. The monoisotopic (exact) mass is 464 g/mol. The van der Waals surface area contributed by atoms with Gasteiger partial charge in [-0.2, -0.15) is 0 Å². The molecule has 1 amide bonds. The number of carbonyl (C=O) groups is 1. The molecule has 0 spiro atoms. The summed E-state index contributed by atoms with van der Waals surface area (Å²) >= 11 is 0. The van der Waals surface area contributed by atoms with Crippen LogP contribution in [0.2, 0.25) is 0 Å². The molecule has 0 unspecified atom stereocenters. The lowest BCUT2D eigenvalue weighted by Gasteiger charge is -2.21.